The molecule has 0 aliphatic carbocycles. The van der Waals surface area contributed by atoms with Crippen LogP contribution in [-0.2, 0) is 4.74 Å². The van der Waals surface area contributed by atoms with Gasteiger partial charge in [-0.05, 0) is 37.1 Å². The number of benzene rings is 1. The van der Waals surface area contributed by atoms with Crippen molar-refractivity contribution >= 4 is 16.9 Å². The molecule has 0 aliphatic rings. The summed E-state index contributed by atoms with van der Waals surface area (Å²) in [7, 11) is 0. The quantitative estimate of drug-likeness (QED) is 0.803. The number of carbonyl (C=O) groups is 1. The lowest BCUT2D eigenvalue weighted by Gasteiger charge is -1.97. The highest BCUT2D eigenvalue weighted by Gasteiger charge is 2.11. The summed E-state index contributed by atoms with van der Waals surface area (Å²) in [6.45, 7) is 3.76. The maximum Gasteiger partial charge on any atom is 0.355 e. The highest BCUT2D eigenvalue weighted by atomic mass is 16.5. The largest absolute Gasteiger partial charge is 0.446 e. The minimum Gasteiger partial charge on any atom is -0.446 e. The van der Waals surface area contributed by atoms with Crippen molar-refractivity contribution in [2.24, 2.45) is 0 Å². The van der Waals surface area contributed by atoms with Gasteiger partial charge in [-0.2, -0.15) is 5.26 Å². The van der Waals surface area contributed by atoms with Gasteiger partial charge in [0, 0.05) is 10.9 Å². The molecule has 0 radical (unpaired) electrons. The van der Waals surface area contributed by atoms with Gasteiger partial charge >= 0.3 is 5.97 Å². The second-order valence-corrected chi connectivity index (χ2v) is 3.96. The van der Waals surface area contributed by atoms with Crippen molar-refractivity contribution in [1.29, 1.82) is 5.26 Å². The van der Waals surface area contributed by atoms with Crippen LogP contribution in [0.5, 0.6) is 0 Å². The summed E-state index contributed by atoms with van der Waals surface area (Å²) in [6, 6.07) is 7.55. The molecule has 17 heavy (non-hydrogen) atoms. The number of aryl methyl sites for hydroxylation is 2. The molecule has 0 spiro atoms. The van der Waals surface area contributed by atoms with E-state index in [4.69, 9.17) is 10.00 Å². The normalized spacial score (nSPS) is 10.2. The molecule has 2 rings (SSSR count). The Kier molecular flexibility index (Phi) is 2.84. The van der Waals surface area contributed by atoms with Gasteiger partial charge in [0.1, 0.15) is 11.8 Å². The molecule has 0 saturated heterocycles. The van der Waals surface area contributed by atoms with E-state index in [2.05, 4.69) is 11.1 Å². The third-order valence-corrected chi connectivity index (χ3v) is 2.58. The number of esters is 1. The topological polar surface area (TPSA) is 65.9 Å². The van der Waals surface area contributed by atoms with Crippen LogP contribution in [0, 0.1) is 25.2 Å². The van der Waals surface area contributed by atoms with Crippen LogP contribution in [0.1, 0.15) is 21.6 Å². The molecule has 2 aromatic rings. The fraction of sp³-hybridized carbons (Fsp3) is 0.231. The number of rotatable bonds is 2. The number of nitriles is 1. The van der Waals surface area contributed by atoms with Crippen molar-refractivity contribution in [2.45, 2.75) is 13.8 Å². The molecule has 1 aromatic heterocycles. The van der Waals surface area contributed by atoms with E-state index in [-0.39, 0.29) is 6.61 Å². The van der Waals surface area contributed by atoms with Crippen molar-refractivity contribution < 1.29 is 9.53 Å². The van der Waals surface area contributed by atoms with Gasteiger partial charge in [0.15, 0.2) is 6.61 Å². The van der Waals surface area contributed by atoms with E-state index in [0.717, 1.165) is 22.0 Å². The Morgan fingerprint density at radius 3 is 2.88 bits per heavy atom. The molecule has 0 atom stereocenters. The fourth-order valence-electron chi connectivity index (χ4n) is 1.88. The van der Waals surface area contributed by atoms with Crippen LogP contribution in [0.15, 0.2) is 18.2 Å². The van der Waals surface area contributed by atoms with Crippen LogP contribution in [0.4, 0.5) is 0 Å². The second-order valence-electron chi connectivity index (χ2n) is 3.96. The molecule has 1 aromatic carbocycles. The zero-order chi connectivity index (χ0) is 12.4. The van der Waals surface area contributed by atoms with Crippen LogP contribution in [-0.4, -0.2) is 17.6 Å². The summed E-state index contributed by atoms with van der Waals surface area (Å²) in [6.07, 6.45) is 0. The van der Waals surface area contributed by atoms with Gasteiger partial charge in [-0.25, -0.2) is 4.79 Å². The van der Waals surface area contributed by atoms with E-state index >= 15 is 0 Å². The van der Waals surface area contributed by atoms with E-state index in [9.17, 15) is 4.79 Å². The standard InChI is InChI=1S/C13H12N2O2/c1-8-5-9(2)10-7-12(15-11(10)6-8)13(16)17-4-3-14/h5-7,15H,4H2,1-2H3. The number of hydrogen-bond acceptors (Lipinski definition) is 3. The van der Waals surface area contributed by atoms with Crippen LogP contribution in [0.3, 0.4) is 0 Å². The summed E-state index contributed by atoms with van der Waals surface area (Å²) in [5, 5.41) is 9.34. The number of H-pyrrole nitrogens is 1. The minimum absolute atomic E-state index is 0.230. The van der Waals surface area contributed by atoms with Gasteiger partial charge in [0.05, 0.1) is 0 Å². The predicted octanol–water partition coefficient (Wildman–Crippen LogP) is 2.47. The van der Waals surface area contributed by atoms with Crippen molar-refractivity contribution in [3.05, 3.63) is 35.0 Å². The number of nitrogens with zero attached hydrogens (tertiary/aromatic N) is 1. The summed E-state index contributed by atoms with van der Waals surface area (Å²) in [4.78, 5) is 14.6. The summed E-state index contributed by atoms with van der Waals surface area (Å²) in [5.74, 6) is -0.500. The second kappa shape index (κ2) is 4.30. The molecular weight excluding hydrogens is 216 g/mol. The lowest BCUT2D eigenvalue weighted by molar-refractivity contribution is 0.0549. The number of aromatic nitrogens is 1. The number of hydrogen-bond donors (Lipinski definition) is 1. The fourth-order valence-corrected chi connectivity index (χ4v) is 1.88. The maximum atomic E-state index is 11.6. The molecule has 0 bridgehead atoms. The first-order valence-electron chi connectivity index (χ1n) is 5.26. The lowest BCUT2D eigenvalue weighted by Crippen LogP contribution is -2.05. The molecule has 4 nitrogen and oxygen atoms in total. The molecule has 0 saturated carbocycles. The van der Waals surface area contributed by atoms with Gasteiger partial charge in [0.2, 0.25) is 0 Å². The Morgan fingerprint density at radius 2 is 2.18 bits per heavy atom. The highest BCUT2D eigenvalue weighted by molar-refractivity contribution is 5.96. The number of nitrogens with one attached hydrogen (secondary N) is 1. The van der Waals surface area contributed by atoms with Gasteiger partial charge in [-0.1, -0.05) is 6.07 Å². The van der Waals surface area contributed by atoms with Crippen LogP contribution in [0.2, 0.25) is 0 Å². The number of carbonyl (C=O) groups excluding carboxylic acids is 1. The van der Waals surface area contributed by atoms with E-state index in [1.165, 1.54) is 0 Å². The molecule has 1 N–H and O–H groups in total. The van der Waals surface area contributed by atoms with Crippen LogP contribution < -0.4 is 0 Å². The molecule has 0 amide bonds. The van der Waals surface area contributed by atoms with Gasteiger partial charge in [-0.3, -0.25) is 0 Å². The average molecular weight is 228 g/mol. The Bertz CT molecular complexity index is 620. The van der Waals surface area contributed by atoms with E-state index < -0.39 is 5.97 Å². The van der Waals surface area contributed by atoms with Crippen molar-refractivity contribution in [3.8, 4) is 6.07 Å². The van der Waals surface area contributed by atoms with Gasteiger partial charge < -0.3 is 9.72 Å². The zero-order valence-electron chi connectivity index (χ0n) is 9.70. The number of aromatic amines is 1. The monoisotopic (exact) mass is 228 g/mol. The molecule has 0 unspecified atom stereocenters. The molecule has 86 valence electrons. The van der Waals surface area contributed by atoms with E-state index in [0.29, 0.717) is 5.69 Å². The Morgan fingerprint density at radius 1 is 1.41 bits per heavy atom. The lowest BCUT2D eigenvalue weighted by atomic mass is 10.1. The molecule has 4 heteroatoms. The number of fused-ring (bicyclic) bond motifs is 1. The summed E-state index contributed by atoms with van der Waals surface area (Å²) >= 11 is 0. The van der Waals surface area contributed by atoms with Crippen LogP contribution >= 0.6 is 0 Å². The third-order valence-electron chi connectivity index (χ3n) is 2.58. The highest BCUT2D eigenvalue weighted by Crippen LogP contribution is 2.21. The molecule has 1 heterocycles. The SMILES string of the molecule is Cc1cc(C)c2cc(C(=O)OCC#N)[nH]c2c1. The Hall–Kier alpha value is -2.28. The summed E-state index contributed by atoms with van der Waals surface area (Å²) in [5.41, 5.74) is 3.53. The molecular formula is C13H12N2O2. The third kappa shape index (κ3) is 2.13. The van der Waals surface area contributed by atoms with E-state index in [1.807, 2.05) is 19.9 Å². The zero-order valence-corrected chi connectivity index (χ0v) is 9.70. The van der Waals surface area contributed by atoms with Crippen molar-refractivity contribution in [3.63, 3.8) is 0 Å². The Labute approximate surface area is 98.8 Å². The van der Waals surface area contributed by atoms with Gasteiger partial charge in [0.25, 0.3) is 0 Å². The Balaban J connectivity index is 2.42. The summed E-state index contributed by atoms with van der Waals surface area (Å²) < 4.78 is 4.75. The molecule has 0 fully saturated rings. The minimum atomic E-state index is -0.500. The maximum absolute atomic E-state index is 11.6. The smallest absolute Gasteiger partial charge is 0.355 e. The van der Waals surface area contributed by atoms with Crippen molar-refractivity contribution in [1.82, 2.24) is 4.98 Å². The number of ether oxygens (including phenoxy) is 1. The average Bonchev–Trinajstić information content (AvgIpc) is 2.69. The van der Waals surface area contributed by atoms with E-state index in [1.54, 1.807) is 12.1 Å². The first-order chi connectivity index (χ1) is 8.11. The first-order valence-corrected chi connectivity index (χ1v) is 5.26. The van der Waals surface area contributed by atoms with Crippen molar-refractivity contribution in [2.75, 3.05) is 6.61 Å². The predicted molar refractivity (Wildman–Crippen MR) is 63.7 cm³/mol. The first kappa shape index (κ1) is 11.2. The van der Waals surface area contributed by atoms with Gasteiger partial charge in [-0.15, -0.1) is 0 Å². The molecule has 0 aliphatic heterocycles. The van der Waals surface area contributed by atoms with Crippen LogP contribution in [0.25, 0.3) is 10.9 Å².